The van der Waals surface area contributed by atoms with E-state index in [9.17, 15) is 13.2 Å². The molecule has 1 aliphatic carbocycles. The van der Waals surface area contributed by atoms with E-state index in [2.05, 4.69) is 20.4 Å². The maximum absolute atomic E-state index is 13.0. The second-order valence-electron chi connectivity index (χ2n) is 9.64. The number of halogens is 5. The van der Waals surface area contributed by atoms with Gasteiger partial charge < -0.3 is 14.7 Å². The smallest absolute Gasteiger partial charge is 0.338 e. The average molecular weight is 539 g/mol. The number of nitrogens with one attached hydrogen (secondary N) is 1. The highest BCUT2D eigenvalue weighted by Gasteiger charge is 2.50. The van der Waals surface area contributed by atoms with Crippen molar-refractivity contribution in [2.24, 2.45) is 0 Å². The number of nitrogens with zero attached hydrogens (tertiary/aromatic N) is 3. The van der Waals surface area contributed by atoms with Gasteiger partial charge in [0.15, 0.2) is 5.82 Å². The van der Waals surface area contributed by atoms with E-state index in [0.29, 0.717) is 28.3 Å². The minimum Gasteiger partial charge on any atom is -0.338 e. The molecule has 2 aliphatic rings. The predicted molar refractivity (Wildman–Crippen MR) is 132 cm³/mol. The van der Waals surface area contributed by atoms with Gasteiger partial charge in [0.05, 0.1) is 27.6 Å². The Morgan fingerprint density at radius 3 is 2.53 bits per heavy atom. The lowest BCUT2D eigenvalue weighted by Crippen LogP contribution is -2.37. The quantitative estimate of drug-likeness (QED) is 0.334. The summed E-state index contributed by atoms with van der Waals surface area (Å²) in [5.41, 5.74) is 1.01. The molecule has 0 amide bonds. The first-order chi connectivity index (χ1) is 17.2. The van der Waals surface area contributed by atoms with E-state index in [1.807, 2.05) is 18.2 Å². The van der Waals surface area contributed by atoms with Crippen molar-refractivity contribution in [3.8, 4) is 0 Å². The molecule has 0 unspecified atom stereocenters. The molecule has 1 N–H and O–H groups in total. The molecule has 5 nitrogen and oxygen atoms in total. The molecule has 1 saturated carbocycles. The van der Waals surface area contributed by atoms with Crippen molar-refractivity contribution >= 4 is 23.2 Å². The van der Waals surface area contributed by atoms with Crippen LogP contribution in [0.25, 0.3) is 0 Å². The zero-order valence-electron chi connectivity index (χ0n) is 19.6. The summed E-state index contributed by atoms with van der Waals surface area (Å²) >= 11 is 12.3. The largest absolute Gasteiger partial charge is 0.416 e. The summed E-state index contributed by atoms with van der Waals surface area (Å²) in [7, 11) is 0. The van der Waals surface area contributed by atoms with Crippen molar-refractivity contribution < 1.29 is 17.7 Å². The van der Waals surface area contributed by atoms with Crippen LogP contribution in [0.2, 0.25) is 10.0 Å². The fourth-order valence-corrected chi connectivity index (χ4v) is 5.27. The first-order valence-corrected chi connectivity index (χ1v) is 12.9. The SMILES string of the molecule is FC(F)(F)c1cccc(C2CCN(CCNCc3nc(C4(c5ccc(Cl)c(Cl)c5)CC4)no3)CC2)c1. The summed E-state index contributed by atoms with van der Waals surface area (Å²) < 4.78 is 44.5. The third-order valence-corrected chi connectivity index (χ3v) is 8.01. The van der Waals surface area contributed by atoms with Gasteiger partial charge in [-0.05, 0) is 74.0 Å². The molecular weight excluding hydrogens is 512 g/mol. The number of piperidine rings is 1. The lowest BCUT2D eigenvalue weighted by Gasteiger charge is -2.32. The summed E-state index contributed by atoms with van der Waals surface area (Å²) in [5.74, 6) is 1.38. The number of rotatable bonds is 8. The molecule has 2 fully saturated rings. The van der Waals surface area contributed by atoms with E-state index in [1.165, 1.54) is 12.1 Å². The minimum atomic E-state index is -4.30. The van der Waals surface area contributed by atoms with E-state index in [-0.39, 0.29) is 11.3 Å². The Labute approximate surface area is 218 Å². The molecular formula is C26H27Cl2F3N4O. The number of hydrogen-bond donors (Lipinski definition) is 1. The molecule has 5 rings (SSSR count). The summed E-state index contributed by atoms with van der Waals surface area (Å²) in [6.45, 7) is 3.80. The van der Waals surface area contributed by atoms with E-state index in [4.69, 9.17) is 27.7 Å². The summed E-state index contributed by atoms with van der Waals surface area (Å²) in [6.07, 6.45) is -0.720. The van der Waals surface area contributed by atoms with E-state index in [1.54, 1.807) is 6.07 Å². The van der Waals surface area contributed by atoms with Crippen molar-refractivity contribution in [3.63, 3.8) is 0 Å². The van der Waals surface area contributed by atoms with Gasteiger partial charge in [-0.3, -0.25) is 0 Å². The Morgan fingerprint density at radius 1 is 1.06 bits per heavy atom. The third-order valence-electron chi connectivity index (χ3n) is 7.27. The van der Waals surface area contributed by atoms with Crippen LogP contribution in [0, 0.1) is 0 Å². The molecule has 36 heavy (non-hydrogen) atoms. The monoisotopic (exact) mass is 538 g/mol. The predicted octanol–water partition coefficient (Wildman–Crippen LogP) is 6.44. The van der Waals surface area contributed by atoms with Gasteiger partial charge in [-0.2, -0.15) is 18.2 Å². The highest BCUT2D eigenvalue weighted by molar-refractivity contribution is 6.42. The molecule has 1 aromatic heterocycles. The van der Waals surface area contributed by atoms with Gasteiger partial charge in [-0.1, -0.05) is 52.6 Å². The highest BCUT2D eigenvalue weighted by atomic mass is 35.5. The Balaban J connectivity index is 1.07. The molecule has 0 spiro atoms. The Morgan fingerprint density at radius 2 is 1.83 bits per heavy atom. The van der Waals surface area contributed by atoms with Crippen molar-refractivity contribution in [1.82, 2.24) is 20.4 Å². The molecule has 3 aromatic rings. The van der Waals surface area contributed by atoms with Crippen LogP contribution in [0.4, 0.5) is 13.2 Å². The van der Waals surface area contributed by atoms with Crippen LogP contribution in [0.5, 0.6) is 0 Å². The van der Waals surface area contributed by atoms with Crippen molar-refractivity contribution in [2.75, 3.05) is 26.2 Å². The number of alkyl halides is 3. The Kier molecular flexibility index (Phi) is 7.32. The molecule has 1 aliphatic heterocycles. The van der Waals surface area contributed by atoms with E-state index >= 15 is 0 Å². The number of hydrogen-bond acceptors (Lipinski definition) is 5. The first kappa shape index (κ1) is 25.5. The molecule has 1 saturated heterocycles. The molecule has 192 valence electrons. The van der Waals surface area contributed by atoms with Crippen LogP contribution < -0.4 is 5.32 Å². The molecule has 0 radical (unpaired) electrons. The van der Waals surface area contributed by atoms with Gasteiger partial charge in [0, 0.05) is 13.1 Å². The van der Waals surface area contributed by atoms with Crippen LogP contribution in [-0.2, 0) is 18.1 Å². The van der Waals surface area contributed by atoms with Crippen LogP contribution in [0.15, 0.2) is 47.0 Å². The van der Waals surface area contributed by atoms with E-state index in [0.717, 1.165) is 69.1 Å². The second-order valence-corrected chi connectivity index (χ2v) is 10.5. The van der Waals surface area contributed by atoms with Crippen molar-refractivity contribution in [1.29, 1.82) is 0 Å². The molecule has 2 heterocycles. The second kappa shape index (κ2) is 10.3. The lowest BCUT2D eigenvalue weighted by molar-refractivity contribution is -0.137. The van der Waals surface area contributed by atoms with Crippen LogP contribution in [0.1, 0.15) is 60.0 Å². The third kappa shape index (κ3) is 5.57. The topological polar surface area (TPSA) is 54.2 Å². The zero-order valence-corrected chi connectivity index (χ0v) is 21.1. The van der Waals surface area contributed by atoms with E-state index < -0.39 is 11.7 Å². The highest BCUT2D eigenvalue weighted by Crippen LogP contribution is 2.53. The summed E-state index contributed by atoms with van der Waals surface area (Å²) in [5, 5.41) is 8.62. The molecule has 0 bridgehead atoms. The van der Waals surface area contributed by atoms with Gasteiger partial charge in [-0.25, -0.2) is 0 Å². The van der Waals surface area contributed by atoms with Crippen LogP contribution in [0.3, 0.4) is 0 Å². The number of likely N-dealkylation sites (tertiary alicyclic amines) is 1. The number of benzene rings is 2. The van der Waals surface area contributed by atoms with Gasteiger partial charge in [0.1, 0.15) is 0 Å². The van der Waals surface area contributed by atoms with Gasteiger partial charge in [-0.15, -0.1) is 0 Å². The number of aromatic nitrogens is 2. The minimum absolute atomic E-state index is 0.165. The van der Waals surface area contributed by atoms with Crippen LogP contribution in [-0.4, -0.2) is 41.2 Å². The standard InChI is InChI=1S/C26H27Cl2F3N4O/c27-21-5-4-19(15-22(21)28)25(8-9-25)24-33-23(36-34-24)16-32-10-13-35-11-6-17(7-12-35)18-2-1-3-20(14-18)26(29,30)31/h1-5,14-15,17,32H,6-13,16H2. The molecule has 2 aromatic carbocycles. The fourth-order valence-electron chi connectivity index (χ4n) is 4.97. The fraction of sp³-hybridized carbons (Fsp3) is 0.462. The Bertz CT molecular complexity index is 1200. The summed E-state index contributed by atoms with van der Waals surface area (Å²) in [4.78, 5) is 6.95. The normalized spacial score (nSPS) is 18.5. The first-order valence-electron chi connectivity index (χ1n) is 12.1. The summed E-state index contributed by atoms with van der Waals surface area (Å²) in [6, 6.07) is 11.4. The van der Waals surface area contributed by atoms with Gasteiger partial charge in [0.25, 0.3) is 0 Å². The lowest BCUT2D eigenvalue weighted by atomic mass is 9.88. The van der Waals surface area contributed by atoms with Gasteiger partial charge >= 0.3 is 6.18 Å². The Hall–Kier alpha value is -2.13. The maximum Gasteiger partial charge on any atom is 0.416 e. The molecule has 10 heteroatoms. The van der Waals surface area contributed by atoms with Gasteiger partial charge in [0.2, 0.25) is 5.89 Å². The maximum atomic E-state index is 13.0. The van der Waals surface area contributed by atoms with Crippen molar-refractivity contribution in [2.45, 2.75) is 49.7 Å². The van der Waals surface area contributed by atoms with Crippen molar-refractivity contribution in [3.05, 3.63) is 80.9 Å². The zero-order chi connectivity index (χ0) is 25.3. The van der Waals surface area contributed by atoms with Crippen LogP contribution >= 0.6 is 23.2 Å². The molecule has 0 atom stereocenters. The average Bonchev–Trinajstić information content (AvgIpc) is 3.54.